The molecule has 0 radical (unpaired) electrons. The van der Waals surface area contributed by atoms with Gasteiger partial charge in [0.2, 0.25) is 0 Å². The Kier molecular flexibility index (Phi) is 5.69. The third-order valence-corrected chi connectivity index (χ3v) is 7.41. The highest BCUT2D eigenvalue weighted by Crippen LogP contribution is 2.57. The largest absolute Gasteiger partial charge is 0.508 e. The lowest BCUT2D eigenvalue weighted by Gasteiger charge is -2.41. The standard InChI is InChI=1S/C30H22O10/c31-15-5-1-13(2-6-15)23-25-19(35)9-17(33)11-21(25)39-29(37)27(23)28-24(14-3-7-16(32)8-4-14)26-20(36)10-18(34)12-22(26)40-30(28)38/h1-12,23-24,27-28,31-36H/t23-,24-,27-,28-/m1/s1. The minimum atomic E-state index is -1.33. The second-order valence-electron chi connectivity index (χ2n) is 9.79. The molecule has 0 fully saturated rings. The molecule has 0 spiro atoms. The van der Waals surface area contributed by atoms with Gasteiger partial charge < -0.3 is 40.1 Å². The van der Waals surface area contributed by atoms with E-state index in [1.807, 2.05) is 0 Å². The predicted octanol–water partition coefficient (Wildman–Crippen LogP) is 3.95. The molecular weight excluding hydrogens is 520 g/mol. The van der Waals surface area contributed by atoms with Gasteiger partial charge >= 0.3 is 11.9 Å². The van der Waals surface area contributed by atoms with E-state index in [0.717, 1.165) is 12.1 Å². The van der Waals surface area contributed by atoms with Crippen LogP contribution in [0.5, 0.6) is 46.0 Å². The quantitative estimate of drug-likeness (QED) is 0.164. The van der Waals surface area contributed by atoms with Gasteiger partial charge in [0.05, 0.1) is 11.8 Å². The van der Waals surface area contributed by atoms with Crippen LogP contribution in [0.25, 0.3) is 0 Å². The Morgan fingerprint density at radius 2 is 0.825 bits per heavy atom. The van der Waals surface area contributed by atoms with E-state index >= 15 is 0 Å². The molecule has 2 heterocycles. The second kappa shape index (κ2) is 9.12. The van der Waals surface area contributed by atoms with E-state index in [0.29, 0.717) is 11.1 Å². The number of hydrogen-bond donors (Lipinski definition) is 6. The van der Waals surface area contributed by atoms with Gasteiger partial charge in [-0.2, -0.15) is 0 Å². The normalized spacial score (nSPS) is 21.6. The van der Waals surface area contributed by atoms with E-state index in [9.17, 15) is 40.2 Å². The Balaban J connectivity index is 1.62. The fourth-order valence-corrected chi connectivity index (χ4v) is 5.79. The van der Waals surface area contributed by atoms with Crippen molar-refractivity contribution in [3.8, 4) is 46.0 Å². The number of phenols is 6. The van der Waals surface area contributed by atoms with Gasteiger partial charge in [0.15, 0.2) is 0 Å². The highest BCUT2D eigenvalue weighted by molar-refractivity contribution is 5.91. The number of fused-ring (bicyclic) bond motifs is 2. The van der Waals surface area contributed by atoms with Crippen molar-refractivity contribution in [3.63, 3.8) is 0 Å². The number of carbonyl (C=O) groups is 2. The minimum absolute atomic E-state index is 0.0495. The Labute approximate surface area is 226 Å². The maximum Gasteiger partial charge on any atom is 0.316 e. The molecule has 4 aromatic carbocycles. The molecule has 0 aromatic heterocycles. The summed E-state index contributed by atoms with van der Waals surface area (Å²) < 4.78 is 11.1. The van der Waals surface area contributed by atoms with Crippen LogP contribution in [-0.2, 0) is 9.59 Å². The lowest BCUT2D eigenvalue weighted by Crippen LogP contribution is -2.46. The van der Waals surface area contributed by atoms with Crippen molar-refractivity contribution < 1.29 is 49.7 Å². The van der Waals surface area contributed by atoms with Crippen LogP contribution in [0.3, 0.4) is 0 Å². The Hall–Kier alpha value is -5.38. The van der Waals surface area contributed by atoms with Crippen LogP contribution in [0.1, 0.15) is 34.1 Å². The van der Waals surface area contributed by atoms with Crippen LogP contribution in [-0.4, -0.2) is 42.6 Å². The van der Waals surface area contributed by atoms with Crippen molar-refractivity contribution in [2.45, 2.75) is 11.8 Å². The van der Waals surface area contributed by atoms with Crippen LogP contribution in [0.15, 0.2) is 72.8 Å². The van der Waals surface area contributed by atoms with Crippen molar-refractivity contribution in [3.05, 3.63) is 95.1 Å². The van der Waals surface area contributed by atoms with Gasteiger partial charge in [0.1, 0.15) is 46.0 Å². The molecule has 6 N–H and O–H groups in total. The molecule has 0 bridgehead atoms. The molecule has 10 heteroatoms. The Morgan fingerprint density at radius 3 is 1.18 bits per heavy atom. The molecule has 6 rings (SSSR count). The number of phenolic OH excluding ortho intramolecular Hbond substituents is 6. The van der Waals surface area contributed by atoms with Gasteiger partial charge in [-0.1, -0.05) is 24.3 Å². The summed E-state index contributed by atoms with van der Waals surface area (Å²) in [5.41, 5.74) is 1.15. The lowest BCUT2D eigenvalue weighted by molar-refractivity contribution is -0.154. The summed E-state index contributed by atoms with van der Waals surface area (Å²) in [6.45, 7) is 0. The SMILES string of the molecule is O=C1Oc2cc(O)cc(O)c2[C@@H](c2ccc(O)cc2)[C@@H]1[C@@H]1C(=O)Oc2cc(O)cc(O)c2[C@H]1c1ccc(O)cc1. The van der Waals surface area contributed by atoms with Crippen LogP contribution in [0.2, 0.25) is 0 Å². The summed E-state index contributed by atoms with van der Waals surface area (Å²) in [4.78, 5) is 27.5. The summed E-state index contributed by atoms with van der Waals surface area (Å²) in [6.07, 6.45) is 0. The maximum atomic E-state index is 13.8. The zero-order valence-electron chi connectivity index (χ0n) is 20.6. The predicted molar refractivity (Wildman–Crippen MR) is 138 cm³/mol. The lowest BCUT2D eigenvalue weighted by atomic mass is 9.65. The molecule has 0 aliphatic carbocycles. The van der Waals surface area contributed by atoms with Crippen LogP contribution in [0, 0.1) is 11.8 Å². The molecule has 4 atom stereocenters. The van der Waals surface area contributed by atoms with Crippen LogP contribution in [0.4, 0.5) is 0 Å². The van der Waals surface area contributed by atoms with Crippen molar-refractivity contribution >= 4 is 11.9 Å². The number of rotatable bonds is 3. The molecule has 10 nitrogen and oxygen atoms in total. The third-order valence-electron chi connectivity index (χ3n) is 7.41. The van der Waals surface area contributed by atoms with Crippen molar-refractivity contribution in [1.29, 1.82) is 0 Å². The van der Waals surface area contributed by atoms with Gasteiger partial charge in [0, 0.05) is 47.2 Å². The molecule has 2 aliphatic rings. The van der Waals surface area contributed by atoms with Crippen LogP contribution < -0.4 is 9.47 Å². The first-order valence-corrected chi connectivity index (χ1v) is 12.3. The summed E-state index contributed by atoms with van der Waals surface area (Å²) in [5, 5.41) is 61.8. The van der Waals surface area contributed by atoms with Gasteiger partial charge in [0.25, 0.3) is 0 Å². The highest BCUT2D eigenvalue weighted by atomic mass is 16.5. The van der Waals surface area contributed by atoms with E-state index in [1.165, 1.54) is 60.7 Å². The first-order valence-electron chi connectivity index (χ1n) is 12.3. The first-order chi connectivity index (χ1) is 19.1. The molecule has 202 valence electrons. The zero-order chi connectivity index (χ0) is 28.3. The van der Waals surface area contributed by atoms with E-state index in [-0.39, 0.29) is 57.1 Å². The van der Waals surface area contributed by atoms with Crippen LogP contribution >= 0.6 is 0 Å². The fraction of sp³-hybridized carbons (Fsp3) is 0.133. The zero-order valence-corrected chi connectivity index (χ0v) is 20.6. The molecule has 40 heavy (non-hydrogen) atoms. The molecular formula is C30H22O10. The Morgan fingerprint density at radius 1 is 0.475 bits per heavy atom. The van der Waals surface area contributed by atoms with Gasteiger partial charge in [-0.05, 0) is 35.4 Å². The monoisotopic (exact) mass is 542 g/mol. The van der Waals surface area contributed by atoms with Gasteiger partial charge in [-0.3, -0.25) is 9.59 Å². The maximum absolute atomic E-state index is 13.8. The summed E-state index contributed by atoms with van der Waals surface area (Å²) >= 11 is 0. The fourth-order valence-electron chi connectivity index (χ4n) is 5.79. The van der Waals surface area contributed by atoms with E-state index in [4.69, 9.17) is 9.47 Å². The second-order valence-corrected chi connectivity index (χ2v) is 9.79. The molecule has 2 aliphatic heterocycles. The third kappa shape index (κ3) is 3.97. The first kappa shape index (κ1) is 24.9. The van der Waals surface area contributed by atoms with Gasteiger partial charge in [-0.15, -0.1) is 0 Å². The van der Waals surface area contributed by atoms with Crippen molar-refractivity contribution in [2.24, 2.45) is 11.8 Å². The molecule has 0 unspecified atom stereocenters. The molecule has 0 amide bonds. The summed E-state index contributed by atoms with van der Waals surface area (Å²) in [7, 11) is 0. The topological polar surface area (TPSA) is 174 Å². The number of benzene rings is 4. The van der Waals surface area contributed by atoms with Crippen molar-refractivity contribution in [1.82, 2.24) is 0 Å². The summed E-state index contributed by atoms with van der Waals surface area (Å²) in [6, 6.07) is 16.2. The number of esters is 2. The number of ether oxygens (including phenoxy) is 2. The Bertz CT molecular complexity index is 1530. The summed E-state index contributed by atoms with van der Waals surface area (Å²) in [5.74, 6) is -8.18. The number of carbonyl (C=O) groups excluding carboxylic acids is 2. The average molecular weight is 542 g/mol. The highest BCUT2D eigenvalue weighted by Gasteiger charge is 2.54. The molecule has 0 saturated carbocycles. The van der Waals surface area contributed by atoms with E-state index in [2.05, 4.69) is 0 Å². The minimum Gasteiger partial charge on any atom is -0.508 e. The number of aromatic hydroxyl groups is 6. The molecule has 0 saturated heterocycles. The van der Waals surface area contributed by atoms with E-state index in [1.54, 1.807) is 0 Å². The number of hydrogen-bond acceptors (Lipinski definition) is 10. The average Bonchev–Trinajstić information content (AvgIpc) is 2.88. The smallest absolute Gasteiger partial charge is 0.316 e. The van der Waals surface area contributed by atoms with Gasteiger partial charge in [-0.25, -0.2) is 0 Å². The van der Waals surface area contributed by atoms with Crippen molar-refractivity contribution in [2.75, 3.05) is 0 Å². The van der Waals surface area contributed by atoms with E-state index < -0.39 is 35.6 Å². The molecule has 4 aromatic rings.